The van der Waals surface area contributed by atoms with Gasteiger partial charge >= 0.3 is 0 Å². The lowest BCUT2D eigenvalue weighted by Gasteiger charge is -2.06. The predicted molar refractivity (Wildman–Crippen MR) is 88.9 cm³/mol. The smallest absolute Gasteiger partial charge is 0.215 e. The lowest BCUT2D eigenvalue weighted by Crippen LogP contribution is -2.27. The summed E-state index contributed by atoms with van der Waals surface area (Å²) in [4.78, 5) is 0.722. The molecule has 0 spiro atoms. The highest BCUT2D eigenvalue weighted by molar-refractivity contribution is 7.88. The van der Waals surface area contributed by atoms with Crippen molar-refractivity contribution < 1.29 is 8.42 Å². The molecule has 3 rings (SSSR count). The van der Waals surface area contributed by atoms with E-state index >= 15 is 0 Å². The van der Waals surface area contributed by atoms with Gasteiger partial charge in [0.2, 0.25) is 15.0 Å². The van der Waals surface area contributed by atoms with Crippen molar-refractivity contribution in [1.82, 2.24) is 24.5 Å². The summed E-state index contributed by atoms with van der Waals surface area (Å²) in [5.74, 6) is 0.710. The maximum atomic E-state index is 12.1. The van der Waals surface area contributed by atoms with E-state index in [9.17, 15) is 8.42 Å². The summed E-state index contributed by atoms with van der Waals surface area (Å²) < 4.78 is 28.5. The van der Waals surface area contributed by atoms with Gasteiger partial charge in [0.25, 0.3) is 0 Å². The van der Waals surface area contributed by atoms with Crippen molar-refractivity contribution in [3.8, 4) is 0 Å². The number of aryl methyl sites for hydroxylation is 2. The number of hydrogen-bond donors (Lipinski definition) is 1. The molecule has 3 aromatic rings. The summed E-state index contributed by atoms with van der Waals surface area (Å²) in [6.45, 7) is 4.09. The van der Waals surface area contributed by atoms with Gasteiger partial charge < -0.3 is 0 Å². The number of aromatic nitrogens is 4. The molecule has 0 aliphatic rings. The van der Waals surface area contributed by atoms with E-state index in [2.05, 4.69) is 20.0 Å². The van der Waals surface area contributed by atoms with Crippen LogP contribution in [0.2, 0.25) is 0 Å². The van der Waals surface area contributed by atoms with Gasteiger partial charge in [-0.2, -0.15) is 9.61 Å². The third-order valence-corrected chi connectivity index (χ3v) is 5.60. The molecule has 1 N–H and O–H groups in total. The van der Waals surface area contributed by atoms with Crippen LogP contribution in [0.25, 0.3) is 4.96 Å². The van der Waals surface area contributed by atoms with E-state index < -0.39 is 10.0 Å². The van der Waals surface area contributed by atoms with E-state index in [0.717, 1.165) is 26.9 Å². The molecule has 0 bridgehead atoms. The molecule has 122 valence electrons. The monoisotopic (exact) mass is 351 g/mol. The summed E-state index contributed by atoms with van der Waals surface area (Å²) in [6, 6.07) is 7.50. The second-order valence-electron chi connectivity index (χ2n) is 5.33. The normalized spacial score (nSPS) is 12.1. The van der Waals surface area contributed by atoms with E-state index in [0.29, 0.717) is 13.0 Å². The molecular formula is C14H17N5O2S2. The van der Waals surface area contributed by atoms with E-state index in [1.807, 2.05) is 38.1 Å². The molecule has 23 heavy (non-hydrogen) atoms. The van der Waals surface area contributed by atoms with Gasteiger partial charge in [0.1, 0.15) is 5.01 Å². The molecule has 9 heteroatoms. The Bertz CT molecular complexity index is 930. The Hall–Kier alpha value is -1.84. The van der Waals surface area contributed by atoms with E-state index in [1.165, 1.54) is 11.3 Å². The largest absolute Gasteiger partial charge is 0.234 e. The van der Waals surface area contributed by atoms with Crippen molar-refractivity contribution in [3.05, 3.63) is 46.2 Å². The average Bonchev–Trinajstić information content (AvgIpc) is 3.00. The molecule has 2 aromatic heterocycles. The Balaban J connectivity index is 1.58. The van der Waals surface area contributed by atoms with E-state index in [-0.39, 0.29) is 5.75 Å². The third-order valence-electron chi connectivity index (χ3n) is 3.29. The van der Waals surface area contributed by atoms with Gasteiger partial charge in [0.05, 0.1) is 5.75 Å². The second-order valence-corrected chi connectivity index (χ2v) is 8.18. The number of sulfonamides is 1. The highest BCUT2D eigenvalue weighted by Gasteiger charge is 2.13. The maximum Gasteiger partial charge on any atom is 0.234 e. The van der Waals surface area contributed by atoms with Gasteiger partial charge in [0.15, 0.2) is 5.82 Å². The first-order valence-electron chi connectivity index (χ1n) is 7.13. The highest BCUT2D eigenvalue weighted by atomic mass is 32.2. The third kappa shape index (κ3) is 3.92. The molecule has 0 saturated heterocycles. The first-order chi connectivity index (χ1) is 10.9. The fourth-order valence-corrected chi connectivity index (χ4v) is 4.25. The standard InChI is InChI=1S/C14H17N5O2S2/c1-10-4-3-5-12(8-10)9-23(20,21)15-7-6-13-18-19-11(2)16-17-14(19)22-13/h3-5,8,15H,6-7,9H2,1-2H3. The van der Waals surface area contributed by atoms with Crippen LogP contribution in [0.1, 0.15) is 22.0 Å². The van der Waals surface area contributed by atoms with Crippen LogP contribution in [-0.4, -0.2) is 34.8 Å². The zero-order chi connectivity index (χ0) is 16.4. The Morgan fingerprint density at radius 3 is 2.83 bits per heavy atom. The van der Waals surface area contributed by atoms with Crippen molar-refractivity contribution >= 4 is 26.3 Å². The SMILES string of the molecule is Cc1cccc(CS(=O)(=O)NCCc2nn3c(C)nnc3s2)c1. The van der Waals surface area contributed by atoms with Crippen molar-refractivity contribution in [2.45, 2.75) is 26.0 Å². The van der Waals surface area contributed by atoms with E-state index in [1.54, 1.807) is 4.52 Å². The summed E-state index contributed by atoms with van der Waals surface area (Å²) in [7, 11) is -3.35. The quantitative estimate of drug-likeness (QED) is 0.726. The van der Waals surface area contributed by atoms with Crippen LogP contribution >= 0.6 is 11.3 Å². The summed E-state index contributed by atoms with van der Waals surface area (Å²) in [5, 5.41) is 13.1. The molecule has 7 nitrogen and oxygen atoms in total. The minimum Gasteiger partial charge on any atom is -0.215 e. The fraction of sp³-hybridized carbons (Fsp3) is 0.357. The first-order valence-corrected chi connectivity index (χ1v) is 9.60. The Morgan fingerprint density at radius 2 is 2.09 bits per heavy atom. The molecule has 1 aromatic carbocycles. The molecular weight excluding hydrogens is 334 g/mol. The van der Waals surface area contributed by atoms with Gasteiger partial charge in [-0.3, -0.25) is 0 Å². The van der Waals surface area contributed by atoms with Crippen LogP contribution in [0, 0.1) is 13.8 Å². The highest BCUT2D eigenvalue weighted by Crippen LogP contribution is 2.14. The van der Waals surface area contributed by atoms with Crippen molar-refractivity contribution in [1.29, 1.82) is 0 Å². The topological polar surface area (TPSA) is 89.2 Å². The number of hydrogen-bond acceptors (Lipinski definition) is 6. The van der Waals surface area contributed by atoms with Gasteiger partial charge in [-0.25, -0.2) is 13.1 Å². The van der Waals surface area contributed by atoms with Crippen molar-refractivity contribution in [3.63, 3.8) is 0 Å². The molecule has 0 aliphatic carbocycles. The fourth-order valence-electron chi connectivity index (χ4n) is 2.24. The predicted octanol–water partition coefficient (Wildman–Crippen LogP) is 1.46. The number of nitrogens with one attached hydrogen (secondary N) is 1. The zero-order valence-electron chi connectivity index (χ0n) is 12.9. The lowest BCUT2D eigenvalue weighted by molar-refractivity contribution is 0.580. The molecule has 0 unspecified atom stereocenters. The van der Waals surface area contributed by atoms with Crippen LogP contribution in [0.15, 0.2) is 24.3 Å². The summed E-state index contributed by atoms with van der Waals surface area (Å²) in [6.07, 6.45) is 0.528. The van der Waals surface area contributed by atoms with E-state index in [4.69, 9.17) is 0 Å². The first kappa shape index (κ1) is 16.0. The summed E-state index contributed by atoms with van der Waals surface area (Å²) in [5.41, 5.74) is 1.83. The van der Waals surface area contributed by atoms with Crippen LogP contribution in [-0.2, 0) is 22.2 Å². The second kappa shape index (κ2) is 6.34. The summed E-state index contributed by atoms with van der Waals surface area (Å²) >= 11 is 1.42. The van der Waals surface area contributed by atoms with Crippen LogP contribution in [0.3, 0.4) is 0 Å². The molecule has 0 amide bonds. The molecule has 0 atom stereocenters. The van der Waals surface area contributed by atoms with Crippen LogP contribution in [0.4, 0.5) is 0 Å². The number of benzene rings is 1. The van der Waals surface area contributed by atoms with Crippen molar-refractivity contribution in [2.24, 2.45) is 0 Å². The average molecular weight is 351 g/mol. The molecule has 0 saturated carbocycles. The molecule has 0 radical (unpaired) electrons. The van der Waals surface area contributed by atoms with Gasteiger partial charge in [-0.15, -0.1) is 10.2 Å². The minimum absolute atomic E-state index is 0.0150. The minimum atomic E-state index is -3.35. The number of rotatable bonds is 6. The van der Waals surface area contributed by atoms with Crippen LogP contribution in [0.5, 0.6) is 0 Å². The Kier molecular flexibility index (Phi) is 4.42. The Morgan fingerprint density at radius 1 is 1.26 bits per heavy atom. The maximum absolute atomic E-state index is 12.1. The number of fused-ring (bicyclic) bond motifs is 1. The Labute approximate surface area is 138 Å². The molecule has 2 heterocycles. The van der Waals surface area contributed by atoms with Crippen molar-refractivity contribution in [2.75, 3.05) is 6.54 Å². The van der Waals surface area contributed by atoms with Gasteiger partial charge in [-0.1, -0.05) is 41.2 Å². The lowest BCUT2D eigenvalue weighted by atomic mass is 10.2. The van der Waals surface area contributed by atoms with Gasteiger partial charge in [0, 0.05) is 13.0 Å². The number of nitrogens with zero attached hydrogens (tertiary/aromatic N) is 4. The zero-order valence-corrected chi connectivity index (χ0v) is 14.5. The molecule has 0 aliphatic heterocycles. The van der Waals surface area contributed by atoms with Gasteiger partial charge in [-0.05, 0) is 19.4 Å². The molecule has 0 fully saturated rings. The van der Waals surface area contributed by atoms with Crippen LogP contribution < -0.4 is 4.72 Å².